The molecule has 4 N–H and O–H groups in total. The van der Waals surface area contributed by atoms with Crippen molar-refractivity contribution in [3.8, 4) is 0 Å². The molecule has 3 rings (SSSR count). The molecule has 0 saturated heterocycles. The first-order chi connectivity index (χ1) is 10.5. The summed E-state index contributed by atoms with van der Waals surface area (Å²) in [4.78, 5) is 30.2. The van der Waals surface area contributed by atoms with Gasteiger partial charge in [0.2, 0.25) is 5.91 Å². The normalized spacial score (nSPS) is 10.8. The minimum atomic E-state index is -0.462. The second-order valence-corrected chi connectivity index (χ2v) is 5.95. The highest BCUT2D eigenvalue weighted by Gasteiger charge is 2.12. The van der Waals surface area contributed by atoms with E-state index in [1.165, 1.54) is 11.3 Å². The quantitative estimate of drug-likeness (QED) is 0.683. The number of carbonyl (C=O) groups excluding carboxylic acids is 2. The van der Waals surface area contributed by atoms with Gasteiger partial charge in [0.05, 0.1) is 12.1 Å². The molecule has 3 aromatic rings. The van der Waals surface area contributed by atoms with Crippen LogP contribution in [0.15, 0.2) is 29.6 Å². The molecule has 0 aliphatic rings. The highest BCUT2D eigenvalue weighted by Crippen LogP contribution is 2.21. The van der Waals surface area contributed by atoms with E-state index in [0.717, 1.165) is 10.9 Å². The molecular formula is C14H11ClN4O2S. The summed E-state index contributed by atoms with van der Waals surface area (Å²) in [5, 5.41) is 6.24. The highest BCUT2D eigenvalue weighted by molar-refractivity contribution is 7.14. The molecule has 1 aromatic carbocycles. The van der Waals surface area contributed by atoms with E-state index in [2.05, 4.69) is 15.3 Å². The van der Waals surface area contributed by atoms with Crippen LogP contribution < -0.4 is 11.1 Å². The molecule has 0 fully saturated rings. The number of H-pyrrole nitrogens is 1. The minimum Gasteiger partial charge on any atom is -0.369 e. The van der Waals surface area contributed by atoms with E-state index in [9.17, 15) is 9.59 Å². The third kappa shape index (κ3) is 3.10. The summed E-state index contributed by atoms with van der Waals surface area (Å²) in [5.74, 6) is -0.775. The average molecular weight is 335 g/mol. The maximum absolute atomic E-state index is 12.2. The number of nitrogens with two attached hydrogens (primary N) is 1. The molecule has 0 spiro atoms. The maximum Gasteiger partial charge on any atom is 0.273 e. The number of aromatic nitrogens is 2. The lowest BCUT2D eigenvalue weighted by atomic mass is 10.2. The number of benzene rings is 1. The molecule has 8 heteroatoms. The smallest absolute Gasteiger partial charge is 0.273 e. The van der Waals surface area contributed by atoms with Gasteiger partial charge in [-0.1, -0.05) is 11.6 Å². The first-order valence-corrected chi connectivity index (χ1v) is 7.59. The van der Waals surface area contributed by atoms with Crippen LogP contribution in [0.1, 0.15) is 16.2 Å². The lowest BCUT2D eigenvalue weighted by Gasteiger charge is -1.98. The van der Waals surface area contributed by atoms with Crippen molar-refractivity contribution in [2.75, 3.05) is 5.32 Å². The fourth-order valence-electron chi connectivity index (χ4n) is 2.01. The molecule has 0 unspecified atom stereocenters. The molecule has 112 valence electrons. The van der Waals surface area contributed by atoms with Gasteiger partial charge in [-0.3, -0.25) is 14.9 Å². The van der Waals surface area contributed by atoms with Crippen LogP contribution in [-0.2, 0) is 11.2 Å². The zero-order valence-electron chi connectivity index (χ0n) is 11.2. The summed E-state index contributed by atoms with van der Waals surface area (Å²) in [7, 11) is 0. The lowest BCUT2D eigenvalue weighted by molar-refractivity contribution is -0.117. The number of nitrogens with one attached hydrogen (secondary N) is 2. The molecule has 0 aliphatic heterocycles. The Morgan fingerprint density at radius 2 is 2.18 bits per heavy atom. The lowest BCUT2D eigenvalue weighted by Crippen LogP contribution is -2.14. The first kappa shape index (κ1) is 14.6. The Hall–Kier alpha value is -2.38. The van der Waals surface area contributed by atoms with E-state index in [4.69, 9.17) is 17.3 Å². The number of rotatable bonds is 4. The van der Waals surface area contributed by atoms with Crippen molar-refractivity contribution in [1.29, 1.82) is 0 Å². The van der Waals surface area contributed by atoms with E-state index >= 15 is 0 Å². The van der Waals surface area contributed by atoms with E-state index < -0.39 is 5.91 Å². The van der Waals surface area contributed by atoms with Gasteiger partial charge in [0.15, 0.2) is 5.13 Å². The third-order valence-electron chi connectivity index (χ3n) is 2.95. The topological polar surface area (TPSA) is 101 Å². The number of anilines is 1. The van der Waals surface area contributed by atoms with E-state index in [1.54, 1.807) is 23.6 Å². The van der Waals surface area contributed by atoms with Gasteiger partial charge in [0.1, 0.15) is 5.69 Å². The van der Waals surface area contributed by atoms with Crippen LogP contribution in [0.2, 0.25) is 5.02 Å². The number of thiazole rings is 1. The number of amides is 2. The second kappa shape index (κ2) is 5.78. The molecule has 2 amide bonds. The zero-order valence-corrected chi connectivity index (χ0v) is 12.8. The maximum atomic E-state index is 12.2. The van der Waals surface area contributed by atoms with Gasteiger partial charge in [-0.15, -0.1) is 11.3 Å². The number of carbonyl (C=O) groups is 2. The molecule has 2 heterocycles. The predicted octanol–water partition coefficient (Wildman–Crippen LogP) is 2.56. The molecule has 0 radical (unpaired) electrons. The number of hydrogen-bond donors (Lipinski definition) is 3. The van der Waals surface area contributed by atoms with Crippen molar-refractivity contribution in [2.24, 2.45) is 5.73 Å². The minimum absolute atomic E-state index is 0.0528. The number of aromatic amines is 1. The van der Waals surface area contributed by atoms with Crippen LogP contribution in [0.4, 0.5) is 5.13 Å². The van der Waals surface area contributed by atoms with Gasteiger partial charge in [-0.2, -0.15) is 0 Å². The third-order valence-corrected chi connectivity index (χ3v) is 4.00. The first-order valence-electron chi connectivity index (χ1n) is 6.33. The van der Waals surface area contributed by atoms with Crippen molar-refractivity contribution in [3.05, 3.63) is 46.1 Å². The monoisotopic (exact) mass is 334 g/mol. The fraction of sp³-hybridized carbons (Fsp3) is 0.0714. The molecule has 0 saturated carbocycles. The van der Waals surface area contributed by atoms with Crippen LogP contribution in [0.25, 0.3) is 10.9 Å². The molecular weight excluding hydrogens is 324 g/mol. The molecule has 0 bridgehead atoms. The molecule has 0 aliphatic carbocycles. The molecule has 2 aromatic heterocycles. The largest absolute Gasteiger partial charge is 0.369 e. The van der Waals surface area contributed by atoms with E-state index in [1.807, 2.05) is 6.07 Å². The van der Waals surface area contributed by atoms with E-state index in [0.29, 0.717) is 21.5 Å². The fourth-order valence-corrected chi connectivity index (χ4v) is 2.90. The van der Waals surface area contributed by atoms with Crippen molar-refractivity contribution < 1.29 is 9.59 Å². The average Bonchev–Trinajstić information content (AvgIpc) is 3.04. The van der Waals surface area contributed by atoms with Crippen LogP contribution in [0.5, 0.6) is 0 Å². The Labute approximate surface area is 134 Å². The Balaban J connectivity index is 1.77. The van der Waals surface area contributed by atoms with Gasteiger partial charge in [-0.25, -0.2) is 4.98 Å². The summed E-state index contributed by atoms with van der Waals surface area (Å²) in [6.45, 7) is 0. The van der Waals surface area contributed by atoms with Crippen molar-refractivity contribution >= 4 is 50.8 Å². The van der Waals surface area contributed by atoms with Gasteiger partial charge in [0.25, 0.3) is 5.91 Å². The summed E-state index contributed by atoms with van der Waals surface area (Å²) >= 11 is 7.16. The van der Waals surface area contributed by atoms with Crippen LogP contribution in [0.3, 0.4) is 0 Å². The van der Waals surface area contributed by atoms with Gasteiger partial charge in [-0.05, 0) is 24.3 Å². The van der Waals surface area contributed by atoms with E-state index in [-0.39, 0.29) is 12.3 Å². The van der Waals surface area contributed by atoms with Crippen molar-refractivity contribution in [2.45, 2.75) is 6.42 Å². The number of nitrogens with zero attached hydrogens (tertiary/aromatic N) is 1. The van der Waals surface area contributed by atoms with Crippen LogP contribution >= 0.6 is 22.9 Å². The number of halogens is 1. The number of primary amides is 1. The van der Waals surface area contributed by atoms with Crippen molar-refractivity contribution in [3.63, 3.8) is 0 Å². The summed E-state index contributed by atoms with van der Waals surface area (Å²) < 4.78 is 0. The van der Waals surface area contributed by atoms with Crippen LogP contribution in [0, 0.1) is 0 Å². The van der Waals surface area contributed by atoms with Gasteiger partial charge >= 0.3 is 0 Å². The molecule has 0 atom stereocenters. The Morgan fingerprint density at radius 3 is 2.95 bits per heavy atom. The number of fused-ring (bicyclic) bond motifs is 1. The van der Waals surface area contributed by atoms with Gasteiger partial charge in [0, 0.05) is 21.3 Å². The summed E-state index contributed by atoms with van der Waals surface area (Å²) in [6.07, 6.45) is 0.0528. The van der Waals surface area contributed by atoms with Gasteiger partial charge < -0.3 is 10.7 Å². The molecule has 6 nitrogen and oxygen atoms in total. The summed E-state index contributed by atoms with van der Waals surface area (Å²) in [6, 6.07) is 7.05. The SMILES string of the molecule is NC(=O)Cc1csc(NC(=O)c2cc3cc(Cl)ccc3[nH]2)n1. The predicted molar refractivity (Wildman–Crippen MR) is 86.3 cm³/mol. The summed E-state index contributed by atoms with van der Waals surface area (Å²) in [5.41, 5.74) is 6.87. The Bertz CT molecular complexity index is 871. The zero-order chi connectivity index (χ0) is 15.7. The standard InChI is InChI=1S/C14H11ClN4O2S/c15-8-1-2-10-7(3-8)4-11(18-10)13(21)19-14-17-9(6-22-14)5-12(16)20/h1-4,6,18H,5H2,(H2,16,20)(H,17,19,21). The Morgan fingerprint density at radius 1 is 1.36 bits per heavy atom. The highest BCUT2D eigenvalue weighted by atomic mass is 35.5. The number of hydrogen-bond acceptors (Lipinski definition) is 4. The van der Waals surface area contributed by atoms with Crippen LogP contribution in [-0.4, -0.2) is 21.8 Å². The second-order valence-electron chi connectivity index (χ2n) is 4.66. The Kier molecular flexibility index (Phi) is 3.82. The molecule has 22 heavy (non-hydrogen) atoms. The van der Waals surface area contributed by atoms with Crippen molar-refractivity contribution in [1.82, 2.24) is 9.97 Å².